The third-order valence-corrected chi connectivity index (χ3v) is 5.67. The number of carbonyl (C=O) groups excluding carboxylic acids is 2. The van der Waals surface area contributed by atoms with E-state index in [1.807, 2.05) is 48.9 Å². The first kappa shape index (κ1) is 22.2. The van der Waals surface area contributed by atoms with E-state index in [4.69, 9.17) is 10.1 Å². The van der Waals surface area contributed by atoms with Gasteiger partial charge in [-0.15, -0.1) is 0 Å². The fourth-order valence-corrected chi connectivity index (χ4v) is 4.13. The summed E-state index contributed by atoms with van der Waals surface area (Å²) < 4.78 is 1.88. The summed E-state index contributed by atoms with van der Waals surface area (Å²) in [5.74, 6) is -0.203. The van der Waals surface area contributed by atoms with E-state index in [9.17, 15) is 9.59 Å². The first-order valence-electron chi connectivity index (χ1n) is 10.9. The van der Waals surface area contributed by atoms with Crippen molar-refractivity contribution in [1.29, 1.82) is 0 Å². The Labute approximate surface area is 192 Å². The van der Waals surface area contributed by atoms with Gasteiger partial charge in [0.15, 0.2) is 5.65 Å². The molecule has 0 atom stereocenters. The van der Waals surface area contributed by atoms with Crippen molar-refractivity contribution in [2.75, 3.05) is 10.6 Å². The third kappa shape index (κ3) is 4.77. The molecule has 4 rings (SSSR count). The molecular weight excluding hydrogens is 414 g/mol. The highest BCUT2D eigenvalue weighted by Crippen LogP contribution is 2.28. The van der Waals surface area contributed by atoms with Crippen LogP contribution >= 0.6 is 0 Å². The number of para-hydroxylation sites is 1. The van der Waals surface area contributed by atoms with Crippen LogP contribution in [0.5, 0.6) is 0 Å². The van der Waals surface area contributed by atoms with Gasteiger partial charge >= 0.3 is 0 Å². The number of anilines is 2. The summed E-state index contributed by atoms with van der Waals surface area (Å²) in [4.78, 5) is 28.6. The Morgan fingerprint density at radius 1 is 0.879 bits per heavy atom. The maximum Gasteiger partial charge on any atom is 0.224 e. The van der Waals surface area contributed by atoms with Gasteiger partial charge in [0.25, 0.3) is 0 Å². The molecule has 2 N–H and O–H groups in total. The first-order valence-corrected chi connectivity index (χ1v) is 10.9. The number of hydrogen-bond acceptors (Lipinski definition) is 4. The van der Waals surface area contributed by atoms with E-state index in [1.54, 1.807) is 24.3 Å². The van der Waals surface area contributed by atoms with Crippen LogP contribution in [0.25, 0.3) is 16.7 Å². The lowest BCUT2D eigenvalue weighted by molar-refractivity contribution is -0.116. The molecule has 0 spiro atoms. The lowest BCUT2D eigenvalue weighted by atomic mass is 9.99. The van der Waals surface area contributed by atoms with E-state index >= 15 is 0 Å². The molecular formula is C26H27N5O2. The molecule has 0 saturated carbocycles. The largest absolute Gasteiger partial charge is 0.326 e. The second-order valence-corrected chi connectivity index (χ2v) is 8.14. The van der Waals surface area contributed by atoms with Crippen molar-refractivity contribution in [2.45, 2.75) is 40.5 Å². The number of benzene rings is 2. The third-order valence-electron chi connectivity index (χ3n) is 5.67. The molecule has 7 nitrogen and oxygen atoms in total. The Bertz CT molecular complexity index is 1320. The molecule has 0 radical (unpaired) electrons. The van der Waals surface area contributed by atoms with E-state index < -0.39 is 0 Å². The second kappa shape index (κ2) is 9.24. The Hall–Kier alpha value is -4.00. The molecule has 0 aliphatic rings. The van der Waals surface area contributed by atoms with Gasteiger partial charge in [0.1, 0.15) is 0 Å². The summed E-state index contributed by atoms with van der Waals surface area (Å²) in [5.41, 5.74) is 7.21. The summed E-state index contributed by atoms with van der Waals surface area (Å²) >= 11 is 0. The first-order chi connectivity index (χ1) is 15.8. The van der Waals surface area contributed by atoms with Gasteiger partial charge in [0.2, 0.25) is 11.8 Å². The molecule has 0 unspecified atom stereocenters. The van der Waals surface area contributed by atoms with E-state index in [0.29, 0.717) is 24.2 Å². The van der Waals surface area contributed by atoms with Crippen LogP contribution in [0.2, 0.25) is 0 Å². The Balaban J connectivity index is 1.51. The zero-order valence-electron chi connectivity index (χ0n) is 19.3. The zero-order valence-corrected chi connectivity index (χ0v) is 19.3. The summed E-state index contributed by atoms with van der Waals surface area (Å²) in [7, 11) is 0. The smallest absolute Gasteiger partial charge is 0.224 e. The van der Waals surface area contributed by atoms with Crippen molar-refractivity contribution < 1.29 is 9.59 Å². The van der Waals surface area contributed by atoms with Crippen molar-refractivity contribution >= 4 is 34.2 Å². The molecule has 0 aliphatic carbocycles. The molecule has 168 valence electrons. The van der Waals surface area contributed by atoms with Crippen LogP contribution in [0.1, 0.15) is 35.9 Å². The number of aromatic nitrogens is 3. The molecule has 0 aliphatic heterocycles. The number of nitrogens with zero attached hydrogens (tertiary/aromatic N) is 3. The van der Waals surface area contributed by atoms with Gasteiger partial charge < -0.3 is 10.6 Å². The zero-order chi connectivity index (χ0) is 23.5. The van der Waals surface area contributed by atoms with E-state index in [0.717, 1.165) is 39.2 Å². The molecule has 2 aromatic heterocycles. The number of fused-ring (bicyclic) bond motifs is 1. The summed E-state index contributed by atoms with van der Waals surface area (Å²) in [6.07, 6.45) is 0.931. The van der Waals surface area contributed by atoms with Crippen LogP contribution in [0, 0.1) is 20.8 Å². The van der Waals surface area contributed by atoms with Gasteiger partial charge in [0, 0.05) is 35.8 Å². The van der Waals surface area contributed by atoms with Crippen LogP contribution in [-0.2, 0) is 16.0 Å². The normalized spacial score (nSPS) is 10.9. The van der Waals surface area contributed by atoms with Crippen LogP contribution in [0.3, 0.4) is 0 Å². The minimum atomic E-state index is -0.132. The quantitative estimate of drug-likeness (QED) is 0.446. The Morgan fingerprint density at radius 2 is 1.52 bits per heavy atom. The average molecular weight is 442 g/mol. The lowest BCUT2D eigenvalue weighted by Gasteiger charge is -2.12. The molecule has 4 aromatic rings. The number of carbonyl (C=O) groups is 2. The summed E-state index contributed by atoms with van der Waals surface area (Å²) in [6.45, 7) is 7.51. The maximum absolute atomic E-state index is 12.6. The second-order valence-electron chi connectivity index (χ2n) is 8.14. The molecule has 2 amide bonds. The highest BCUT2D eigenvalue weighted by molar-refractivity contribution is 5.92. The number of aryl methyl sites for hydroxylation is 3. The van der Waals surface area contributed by atoms with Crippen molar-refractivity contribution in [3.63, 3.8) is 0 Å². The van der Waals surface area contributed by atoms with Crippen molar-refractivity contribution in [1.82, 2.24) is 14.8 Å². The number of amides is 2. The van der Waals surface area contributed by atoms with Gasteiger partial charge in [-0.3, -0.25) is 9.59 Å². The molecule has 7 heteroatoms. The monoisotopic (exact) mass is 441 g/mol. The standard InChI is InChI=1S/C26H27N5O2/c1-16-23(14-15-24(33)29-21-12-10-20(11-13-21)28-19(4)32)17(2)27-26-25(16)18(3)30-31(26)22-8-6-5-7-9-22/h5-13H,14-15H2,1-4H3,(H,28,32)(H,29,33). The predicted octanol–water partition coefficient (Wildman–Crippen LogP) is 4.88. The molecule has 0 fully saturated rings. The van der Waals surface area contributed by atoms with E-state index in [1.165, 1.54) is 6.92 Å². The fourth-order valence-electron chi connectivity index (χ4n) is 4.13. The minimum Gasteiger partial charge on any atom is -0.326 e. The molecule has 33 heavy (non-hydrogen) atoms. The van der Waals surface area contributed by atoms with Crippen molar-refractivity contribution in [3.8, 4) is 5.69 Å². The lowest BCUT2D eigenvalue weighted by Crippen LogP contribution is -2.13. The summed E-state index contributed by atoms with van der Waals surface area (Å²) in [5, 5.41) is 11.4. The molecule has 0 bridgehead atoms. The number of nitrogens with one attached hydrogen (secondary N) is 2. The predicted molar refractivity (Wildman–Crippen MR) is 131 cm³/mol. The topological polar surface area (TPSA) is 88.9 Å². The molecule has 2 heterocycles. The van der Waals surface area contributed by atoms with Crippen LogP contribution in [0.15, 0.2) is 54.6 Å². The van der Waals surface area contributed by atoms with Crippen molar-refractivity contribution in [3.05, 3.63) is 77.1 Å². The fraction of sp³-hybridized carbons (Fsp3) is 0.231. The minimum absolute atomic E-state index is 0.0714. The molecule has 0 saturated heterocycles. The van der Waals surface area contributed by atoms with Crippen LogP contribution < -0.4 is 10.6 Å². The van der Waals surface area contributed by atoms with E-state index in [2.05, 4.69) is 17.6 Å². The highest BCUT2D eigenvalue weighted by Gasteiger charge is 2.18. The van der Waals surface area contributed by atoms with Gasteiger partial charge in [0.05, 0.1) is 11.4 Å². The van der Waals surface area contributed by atoms with Crippen LogP contribution in [-0.4, -0.2) is 26.6 Å². The van der Waals surface area contributed by atoms with Crippen molar-refractivity contribution in [2.24, 2.45) is 0 Å². The Morgan fingerprint density at radius 3 is 2.15 bits per heavy atom. The van der Waals surface area contributed by atoms with Gasteiger partial charge in [-0.05, 0) is 74.7 Å². The van der Waals surface area contributed by atoms with Crippen LogP contribution in [0.4, 0.5) is 11.4 Å². The van der Waals surface area contributed by atoms with Gasteiger partial charge in [-0.25, -0.2) is 9.67 Å². The van der Waals surface area contributed by atoms with Gasteiger partial charge in [-0.1, -0.05) is 18.2 Å². The SMILES string of the molecule is CC(=O)Nc1ccc(NC(=O)CCc2c(C)nc3c(c(C)nn3-c3ccccc3)c2C)cc1. The van der Waals surface area contributed by atoms with E-state index in [-0.39, 0.29) is 11.8 Å². The maximum atomic E-state index is 12.6. The number of rotatable bonds is 6. The highest BCUT2D eigenvalue weighted by atomic mass is 16.2. The number of hydrogen-bond donors (Lipinski definition) is 2. The summed E-state index contributed by atoms with van der Waals surface area (Å²) in [6, 6.07) is 17.0. The average Bonchev–Trinajstić information content (AvgIpc) is 3.11. The van der Waals surface area contributed by atoms with Gasteiger partial charge in [-0.2, -0.15) is 5.10 Å². The Kier molecular flexibility index (Phi) is 6.22. The number of pyridine rings is 1. The molecule has 2 aromatic carbocycles.